The molecule has 0 saturated heterocycles. The fourth-order valence-electron chi connectivity index (χ4n) is 3.47. The van der Waals surface area contributed by atoms with Crippen LogP contribution in [0.5, 0.6) is 5.88 Å². The largest absolute Gasteiger partial charge is 0.842 e. The number of benzene rings is 3. The molecule has 1 aromatic heterocycles. The Morgan fingerprint density at radius 2 is 1.36 bits per heavy atom. The number of hydrogen-bond donors (Lipinski definition) is 0. The van der Waals surface area contributed by atoms with Gasteiger partial charge in [0, 0.05) is 13.3 Å². The molecule has 0 atom stereocenters. The maximum absolute atomic E-state index is 13.3. The Bertz CT molecular complexity index is 1150. The van der Waals surface area contributed by atoms with E-state index in [4.69, 9.17) is 0 Å². The van der Waals surface area contributed by atoms with Gasteiger partial charge in [0.1, 0.15) is 11.4 Å². The summed E-state index contributed by atoms with van der Waals surface area (Å²) < 4.78 is 3.24. The van der Waals surface area contributed by atoms with Gasteiger partial charge in [-0.3, -0.25) is 0 Å². The van der Waals surface area contributed by atoms with Gasteiger partial charge in [0.2, 0.25) is 0 Å². The Hall–Kier alpha value is -3.66. The first-order valence-corrected chi connectivity index (χ1v) is 9.19. The Labute approximate surface area is 163 Å². The molecule has 28 heavy (non-hydrogen) atoms. The average Bonchev–Trinajstić information content (AvgIpc) is 2.74. The van der Waals surface area contributed by atoms with Crippen molar-refractivity contribution in [3.05, 3.63) is 118 Å². The lowest BCUT2D eigenvalue weighted by molar-refractivity contribution is -0.661. The quantitative estimate of drug-likeness (QED) is 0.520. The first-order valence-electron chi connectivity index (χ1n) is 9.19. The molecule has 4 heteroatoms. The van der Waals surface area contributed by atoms with Crippen molar-refractivity contribution in [2.24, 2.45) is 0 Å². The number of hydrogen-bond acceptors (Lipinski definition) is 2. The molecule has 0 saturated carbocycles. The topological polar surface area (TPSA) is 48.9 Å². The molecule has 0 aliphatic heterocycles. The van der Waals surface area contributed by atoms with E-state index in [1.54, 1.807) is 16.1 Å². The van der Waals surface area contributed by atoms with E-state index in [1.165, 1.54) is 0 Å². The van der Waals surface area contributed by atoms with Crippen molar-refractivity contribution in [1.82, 2.24) is 4.57 Å². The highest BCUT2D eigenvalue weighted by molar-refractivity contribution is 5.37. The van der Waals surface area contributed by atoms with Gasteiger partial charge in [0.25, 0.3) is 5.82 Å². The van der Waals surface area contributed by atoms with Crippen molar-refractivity contribution in [1.29, 1.82) is 0 Å². The van der Waals surface area contributed by atoms with Crippen LogP contribution in [0.4, 0.5) is 0 Å². The van der Waals surface area contributed by atoms with Crippen LogP contribution >= 0.6 is 0 Å². The van der Waals surface area contributed by atoms with E-state index < -0.39 is 0 Å². The molecule has 0 amide bonds. The fraction of sp³-hybridized carbons (Fsp3) is 0.0833. The predicted molar refractivity (Wildman–Crippen MR) is 107 cm³/mol. The van der Waals surface area contributed by atoms with Gasteiger partial charge in [-0.1, -0.05) is 66.7 Å². The molecule has 4 rings (SSSR count). The first kappa shape index (κ1) is 17.7. The van der Waals surface area contributed by atoms with E-state index in [0.29, 0.717) is 12.2 Å². The van der Waals surface area contributed by atoms with E-state index in [-0.39, 0.29) is 17.0 Å². The monoisotopic (exact) mass is 368 g/mol. The van der Waals surface area contributed by atoms with Gasteiger partial charge in [0.15, 0.2) is 0 Å². The van der Waals surface area contributed by atoms with Crippen LogP contribution in [0.3, 0.4) is 0 Å². The summed E-state index contributed by atoms with van der Waals surface area (Å²) in [6.45, 7) is 1.80. The predicted octanol–water partition coefficient (Wildman–Crippen LogP) is 3.09. The Morgan fingerprint density at radius 1 is 0.821 bits per heavy atom. The van der Waals surface area contributed by atoms with E-state index in [2.05, 4.69) is 0 Å². The maximum Gasteiger partial charge on any atom is 0.345 e. The van der Waals surface area contributed by atoms with Gasteiger partial charge in [-0.25, -0.2) is 9.36 Å². The summed E-state index contributed by atoms with van der Waals surface area (Å²) >= 11 is 0. The molecule has 0 radical (unpaired) electrons. The SMILES string of the molecule is Cc1n(-c2ccccc2)c(=O)c(Cc2ccccc2)c([O-])[n+]1-c1ccccc1. The molecule has 3 aromatic carbocycles. The van der Waals surface area contributed by atoms with Crippen molar-refractivity contribution in [3.8, 4) is 17.3 Å². The van der Waals surface area contributed by atoms with Crippen LogP contribution in [0, 0.1) is 6.92 Å². The van der Waals surface area contributed by atoms with Crippen molar-refractivity contribution >= 4 is 0 Å². The number of nitrogens with zero attached hydrogens (tertiary/aromatic N) is 2. The van der Waals surface area contributed by atoms with Crippen molar-refractivity contribution in [2.75, 3.05) is 0 Å². The minimum atomic E-state index is -0.273. The third-order valence-corrected chi connectivity index (χ3v) is 4.82. The van der Waals surface area contributed by atoms with Crippen molar-refractivity contribution in [2.45, 2.75) is 13.3 Å². The standard InChI is InChI=1S/C24H20N2O2/c1-18-25(20-13-7-3-8-14-20)23(27)22(17-19-11-5-2-6-12-19)24(28)26(18)21-15-9-4-10-16-21/h2-16H,17H2,1H3. The molecule has 4 nitrogen and oxygen atoms in total. The molecule has 1 heterocycles. The highest BCUT2D eigenvalue weighted by Gasteiger charge is 2.23. The average molecular weight is 368 g/mol. The summed E-state index contributed by atoms with van der Waals surface area (Å²) in [7, 11) is 0. The highest BCUT2D eigenvalue weighted by Crippen LogP contribution is 2.17. The lowest BCUT2D eigenvalue weighted by atomic mass is 10.1. The smallest absolute Gasteiger partial charge is 0.345 e. The fourth-order valence-corrected chi connectivity index (χ4v) is 3.47. The van der Waals surface area contributed by atoms with Crippen molar-refractivity contribution in [3.63, 3.8) is 0 Å². The lowest BCUT2D eigenvalue weighted by Crippen LogP contribution is -2.46. The molecule has 4 aromatic rings. The van der Waals surface area contributed by atoms with Gasteiger partial charge in [-0.2, -0.15) is 4.57 Å². The van der Waals surface area contributed by atoms with Crippen LogP contribution in [-0.2, 0) is 6.42 Å². The minimum absolute atomic E-state index is 0.254. The number of rotatable bonds is 4. The summed E-state index contributed by atoms with van der Waals surface area (Å²) in [6, 6.07) is 28.5. The summed E-state index contributed by atoms with van der Waals surface area (Å²) in [6.07, 6.45) is 0.290. The molecule has 0 N–H and O–H groups in total. The molecular weight excluding hydrogens is 348 g/mol. The van der Waals surface area contributed by atoms with Crippen LogP contribution in [0.15, 0.2) is 95.8 Å². The Kier molecular flexibility index (Phi) is 4.77. The molecule has 0 spiro atoms. The zero-order chi connectivity index (χ0) is 19.5. The van der Waals surface area contributed by atoms with E-state index in [9.17, 15) is 9.90 Å². The molecule has 0 aliphatic carbocycles. The zero-order valence-corrected chi connectivity index (χ0v) is 15.6. The summed E-state index contributed by atoms with van der Waals surface area (Å²) in [5, 5.41) is 13.3. The van der Waals surface area contributed by atoms with E-state index >= 15 is 0 Å². The Balaban J connectivity index is 2.02. The first-order chi connectivity index (χ1) is 13.7. The molecular formula is C24H20N2O2. The van der Waals surface area contributed by atoms with Gasteiger partial charge in [-0.05, 0) is 29.8 Å². The van der Waals surface area contributed by atoms with E-state index in [0.717, 1.165) is 16.9 Å². The van der Waals surface area contributed by atoms with Crippen LogP contribution in [-0.4, -0.2) is 4.57 Å². The Morgan fingerprint density at radius 3 is 1.96 bits per heavy atom. The number of aromatic nitrogens is 2. The normalized spacial score (nSPS) is 10.8. The van der Waals surface area contributed by atoms with Gasteiger partial charge < -0.3 is 5.11 Å². The van der Waals surface area contributed by atoms with Gasteiger partial charge in [-0.15, -0.1) is 0 Å². The van der Waals surface area contributed by atoms with Crippen LogP contribution < -0.4 is 15.2 Å². The minimum Gasteiger partial charge on any atom is -0.842 e. The molecule has 138 valence electrons. The number of para-hydroxylation sites is 2. The third kappa shape index (κ3) is 3.21. The second-order valence-electron chi connectivity index (χ2n) is 6.64. The zero-order valence-electron chi connectivity index (χ0n) is 15.6. The molecule has 0 bridgehead atoms. The third-order valence-electron chi connectivity index (χ3n) is 4.82. The lowest BCUT2D eigenvalue weighted by Gasteiger charge is -2.19. The highest BCUT2D eigenvalue weighted by atomic mass is 16.3. The summed E-state index contributed by atoms with van der Waals surface area (Å²) in [5.74, 6) is 0.300. The second-order valence-corrected chi connectivity index (χ2v) is 6.64. The van der Waals surface area contributed by atoms with Gasteiger partial charge in [0.05, 0.1) is 11.4 Å². The molecule has 0 aliphatic rings. The maximum atomic E-state index is 13.3. The van der Waals surface area contributed by atoms with Crippen LogP contribution in [0.1, 0.15) is 17.0 Å². The summed E-state index contributed by atoms with van der Waals surface area (Å²) in [4.78, 5) is 13.3. The van der Waals surface area contributed by atoms with Crippen molar-refractivity contribution < 1.29 is 9.67 Å². The molecule has 0 unspecified atom stereocenters. The van der Waals surface area contributed by atoms with E-state index in [1.807, 2.05) is 91.0 Å². The second kappa shape index (κ2) is 7.53. The van der Waals surface area contributed by atoms with Crippen LogP contribution in [0.2, 0.25) is 0 Å². The van der Waals surface area contributed by atoms with Gasteiger partial charge >= 0.3 is 5.56 Å². The molecule has 0 fully saturated rings. The van der Waals surface area contributed by atoms with Crippen LogP contribution in [0.25, 0.3) is 11.4 Å². The summed E-state index contributed by atoms with van der Waals surface area (Å²) in [5.41, 5.74) is 2.39.